The molecule has 10 aromatic carbocycles. The summed E-state index contributed by atoms with van der Waals surface area (Å²) in [5.74, 6) is 0. The van der Waals surface area contributed by atoms with Gasteiger partial charge < -0.3 is 9.80 Å². The van der Waals surface area contributed by atoms with Crippen LogP contribution >= 0.6 is 0 Å². The van der Waals surface area contributed by atoms with Gasteiger partial charge in [-0.1, -0.05) is 182 Å². The molecular weight excluding hydrogens is 801 g/mol. The molecule has 1 aliphatic heterocycles. The standard InChI is InChI=1S/C62H56N2Si/c1-61(2,3)44-27-32-46(33-28-44)63(56-23-13-18-41-16-9-11-20-50(41)56)48-31-26-43-38-55-52-37-36-49(40-59(52)65(7,8)58-25-15-22-53(60(55)58)54(43)39-48)64(47-34-29-45(30-35-47)62(4,5)6)57-24-14-19-42-17-10-12-21-51(42)57/h9-40H,1-8H3. The first-order valence-electron chi connectivity index (χ1n) is 23.2. The monoisotopic (exact) mass is 856 g/mol. The predicted octanol–water partition coefficient (Wildman–Crippen LogP) is 16.6. The highest BCUT2D eigenvalue weighted by molar-refractivity contribution is 7.03. The van der Waals surface area contributed by atoms with Crippen LogP contribution in [0.25, 0.3) is 54.2 Å². The maximum atomic E-state index is 2.55. The van der Waals surface area contributed by atoms with E-state index in [1.807, 2.05) is 0 Å². The van der Waals surface area contributed by atoms with Crippen molar-refractivity contribution in [1.82, 2.24) is 0 Å². The summed E-state index contributed by atoms with van der Waals surface area (Å²) in [6.45, 7) is 18.8. The summed E-state index contributed by atoms with van der Waals surface area (Å²) in [6, 6.07) is 73.3. The molecule has 0 spiro atoms. The van der Waals surface area contributed by atoms with Crippen LogP contribution in [-0.4, -0.2) is 8.07 Å². The summed E-state index contributed by atoms with van der Waals surface area (Å²) >= 11 is 0. The lowest BCUT2D eigenvalue weighted by Gasteiger charge is -2.36. The molecule has 0 fully saturated rings. The summed E-state index contributed by atoms with van der Waals surface area (Å²) in [4.78, 5) is 4.94. The van der Waals surface area contributed by atoms with Crippen LogP contribution < -0.4 is 20.2 Å². The zero-order chi connectivity index (χ0) is 44.8. The fourth-order valence-electron chi connectivity index (χ4n) is 10.5. The Kier molecular flexibility index (Phi) is 9.46. The molecule has 10 aromatic rings. The first-order valence-corrected chi connectivity index (χ1v) is 26.2. The second kappa shape index (κ2) is 15.1. The maximum Gasteiger partial charge on any atom is 0.113 e. The van der Waals surface area contributed by atoms with Crippen molar-refractivity contribution in [3.05, 3.63) is 205 Å². The van der Waals surface area contributed by atoms with E-state index >= 15 is 0 Å². The van der Waals surface area contributed by atoms with Gasteiger partial charge in [-0.15, -0.1) is 0 Å². The second-order valence-electron chi connectivity index (χ2n) is 20.7. The van der Waals surface area contributed by atoms with Gasteiger partial charge in [-0.3, -0.25) is 0 Å². The zero-order valence-electron chi connectivity index (χ0n) is 38.9. The van der Waals surface area contributed by atoms with Crippen molar-refractivity contribution in [2.45, 2.75) is 65.5 Å². The van der Waals surface area contributed by atoms with Gasteiger partial charge in [-0.2, -0.15) is 0 Å². The van der Waals surface area contributed by atoms with E-state index in [0.29, 0.717) is 0 Å². The quantitative estimate of drug-likeness (QED) is 0.121. The minimum Gasteiger partial charge on any atom is -0.310 e. The molecule has 0 N–H and O–H groups in total. The number of hydrogen-bond donors (Lipinski definition) is 0. The molecule has 0 saturated carbocycles. The van der Waals surface area contributed by atoms with E-state index in [9.17, 15) is 0 Å². The van der Waals surface area contributed by atoms with Crippen molar-refractivity contribution in [3.8, 4) is 11.1 Å². The molecule has 0 aliphatic carbocycles. The zero-order valence-corrected chi connectivity index (χ0v) is 39.9. The summed E-state index contributed by atoms with van der Waals surface area (Å²) < 4.78 is 0. The molecule has 3 heteroatoms. The van der Waals surface area contributed by atoms with Gasteiger partial charge in [0, 0.05) is 33.5 Å². The van der Waals surface area contributed by atoms with Crippen molar-refractivity contribution in [2.75, 3.05) is 9.80 Å². The van der Waals surface area contributed by atoms with E-state index in [-0.39, 0.29) is 10.8 Å². The van der Waals surface area contributed by atoms with Crippen molar-refractivity contribution in [1.29, 1.82) is 0 Å². The molecule has 0 saturated heterocycles. The minimum atomic E-state index is -2.25. The molecule has 0 bridgehead atoms. The summed E-state index contributed by atoms with van der Waals surface area (Å²) in [6.07, 6.45) is 0. The van der Waals surface area contributed by atoms with E-state index in [0.717, 1.165) is 17.1 Å². The van der Waals surface area contributed by atoms with E-state index in [1.165, 1.54) is 92.8 Å². The van der Waals surface area contributed by atoms with Crippen LogP contribution in [-0.2, 0) is 10.8 Å². The molecule has 0 amide bonds. The average Bonchev–Trinajstić information content (AvgIpc) is 3.31. The minimum absolute atomic E-state index is 0.0663. The summed E-state index contributed by atoms with van der Waals surface area (Å²) in [5.41, 5.74) is 12.5. The molecule has 1 heterocycles. The highest BCUT2D eigenvalue weighted by Crippen LogP contribution is 2.46. The first kappa shape index (κ1) is 40.8. The Morgan fingerprint density at radius 3 is 1.35 bits per heavy atom. The smallest absolute Gasteiger partial charge is 0.113 e. The van der Waals surface area contributed by atoms with E-state index in [1.54, 1.807) is 0 Å². The molecule has 2 nitrogen and oxygen atoms in total. The molecule has 1 aliphatic rings. The van der Waals surface area contributed by atoms with Crippen molar-refractivity contribution in [3.63, 3.8) is 0 Å². The third-order valence-corrected chi connectivity index (χ3v) is 17.6. The highest BCUT2D eigenvalue weighted by Gasteiger charge is 2.37. The van der Waals surface area contributed by atoms with Gasteiger partial charge in [0.15, 0.2) is 0 Å². The van der Waals surface area contributed by atoms with Crippen LogP contribution in [0, 0.1) is 0 Å². The van der Waals surface area contributed by atoms with Crippen molar-refractivity contribution < 1.29 is 0 Å². The summed E-state index contributed by atoms with van der Waals surface area (Å²) in [5, 5.41) is 13.2. The lowest BCUT2D eigenvalue weighted by Crippen LogP contribution is -2.56. The maximum absolute atomic E-state index is 2.55. The third kappa shape index (κ3) is 6.84. The predicted molar refractivity (Wildman–Crippen MR) is 285 cm³/mol. The van der Waals surface area contributed by atoms with Crippen LogP contribution in [0.5, 0.6) is 0 Å². The lowest BCUT2D eigenvalue weighted by molar-refractivity contribution is 0.590. The Bertz CT molecular complexity index is 3470. The van der Waals surface area contributed by atoms with Crippen LogP contribution in [0.2, 0.25) is 13.1 Å². The Hall–Kier alpha value is -6.94. The largest absolute Gasteiger partial charge is 0.310 e. The third-order valence-electron chi connectivity index (χ3n) is 14.1. The van der Waals surface area contributed by atoms with Gasteiger partial charge in [-0.05, 0) is 143 Å². The number of anilines is 6. The van der Waals surface area contributed by atoms with Crippen molar-refractivity contribution in [2.24, 2.45) is 0 Å². The molecule has 11 rings (SSSR count). The topological polar surface area (TPSA) is 6.48 Å². The number of nitrogens with zero attached hydrogens (tertiary/aromatic N) is 2. The SMILES string of the molecule is CC(C)(C)c1ccc(N(c2ccc3c(c2)[Si](C)(C)c2cccc4c2c-3cc2ccc(N(c3ccc(C(C)(C)C)cc3)c3cccc5ccccc35)cc24)c2cccc3ccccc23)cc1. The average molecular weight is 857 g/mol. The van der Waals surface area contributed by atoms with Gasteiger partial charge in [0.2, 0.25) is 0 Å². The number of rotatable bonds is 6. The van der Waals surface area contributed by atoms with Gasteiger partial charge in [-0.25, -0.2) is 0 Å². The fraction of sp³-hybridized carbons (Fsp3) is 0.161. The van der Waals surface area contributed by atoms with Gasteiger partial charge in [0.25, 0.3) is 0 Å². The molecule has 0 atom stereocenters. The molecule has 0 aromatic heterocycles. The van der Waals surface area contributed by atoms with Crippen LogP contribution in [0.1, 0.15) is 52.7 Å². The molecular formula is C62H56N2Si. The normalized spacial score (nSPS) is 13.4. The molecule has 0 unspecified atom stereocenters. The Morgan fingerprint density at radius 2 is 0.800 bits per heavy atom. The van der Waals surface area contributed by atoms with Gasteiger partial charge >= 0.3 is 0 Å². The van der Waals surface area contributed by atoms with E-state index in [2.05, 4.69) is 259 Å². The summed E-state index contributed by atoms with van der Waals surface area (Å²) in [7, 11) is -2.25. The van der Waals surface area contributed by atoms with E-state index < -0.39 is 8.07 Å². The molecule has 0 radical (unpaired) electrons. The fourth-order valence-corrected chi connectivity index (χ4v) is 13.6. The second-order valence-corrected chi connectivity index (χ2v) is 25.0. The van der Waals surface area contributed by atoms with E-state index in [4.69, 9.17) is 0 Å². The molecule has 318 valence electrons. The van der Waals surface area contributed by atoms with Crippen LogP contribution in [0.3, 0.4) is 0 Å². The lowest BCUT2D eigenvalue weighted by atomic mass is 9.87. The number of benzene rings is 10. The Labute approximate surface area is 385 Å². The first-order chi connectivity index (χ1) is 31.3. The van der Waals surface area contributed by atoms with Crippen molar-refractivity contribution >= 4 is 95.7 Å². The Balaban J connectivity index is 1.09. The number of fused-ring (bicyclic) bond motifs is 6. The van der Waals surface area contributed by atoms with Gasteiger partial charge in [0.1, 0.15) is 8.07 Å². The van der Waals surface area contributed by atoms with Crippen LogP contribution in [0.4, 0.5) is 34.1 Å². The highest BCUT2D eigenvalue weighted by atomic mass is 28.3. The molecule has 65 heavy (non-hydrogen) atoms. The van der Waals surface area contributed by atoms with Gasteiger partial charge in [0.05, 0.1) is 11.4 Å². The van der Waals surface area contributed by atoms with Crippen LogP contribution in [0.15, 0.2) is 194 Å². The number of hydrogen-bond acceptors (Lipinski definition) is 2. The Morgan fingerprint density at radius 1 is 0.338 bits per heavy atom.